The van der Waals surface area contributed by atoms with Gasteiger partial charge in [-0.3, -0.25) is 14.5 Å². The van der Waals surface area contributed by atoms with E-state index in [0.717, 1.165) is 53.3 Å². The first kappa shape index (κ1) is 17.7. The van der Waals surface area contributed by atoms with Crippen LogP contribution in [0.1, 0.15) is 23.2 Å². The molecule has 3 heterocycles. The van der Waals surface area contributed by atoms with Gasteiger partial charge in [-0.2, -0.15) is 5.10 Å². The van der Waals surface area contributed by atoms with Crippen LogP contribution in [-0.2, 0) is 7.05 Å². The zero-order valence-corrected chi connectivity index (χ0v) is 16.4. The van der Waals surface area contributed by atoms with Crippen LogP contribution in [0.5, 0.6) is 0 Å². The maximum absolute atomic E-state index is 13.2. The molecule has 146 valence electrons. The Morgan fingerprint density at radius 3 is 2.90 bits per heavy atom. The molecule has 1 N–H and O–H groups in total. The second-order valence-corrected chi connectivity index (χ2v) is 7.68. The van der Waals surface area contributed by atoms with Crippen molar-refractivity contribution >= 4 is 33.3 Å². The number of carbonyl (C=O) groups excluding carboxylic acids is 1. The van der Waals surface area contributed by atoms with Gasteiger partial charge < -0.3 is 10.2 Å². The van der Waals surface area contributed by atoms with Gasteiger partial charge in [0.2, 0.25) is 0 Å². The van der Waals surface area contributed by atoms with Crippen molar-refractivity contribution in [2.24, 2.45) is 7.05 Å². The second-order valence-electron chi connectivity index (χ2n) is 7.68. The van der Waals surface area contributed by atoms with E-state index in [4.69, 9.17) is 0 Å². The molecule has 0 unspecified atom stereocenters. The minimum Gasteiger partial charge on any atom is -0.367 e. The van der Waals surface area contributed by atoms with Gasteiger partial charge in [-0.15, -0.1) is 0 Å². The third kappa shape index (κ3) is 3.31. The number of anilines is 1. The Hall–Kier alpha value is -3.41. The first-order chi connectivity index (χ1) is 14.2. The van der Waals surface area contributed by atoms with Crippen molar-refractivity contribution in [2.45, 2.75) is 18.9 Å². The van der Waals surface area contributed by atoms with Crippen LogP contribution in [0.15, 0.2) is 61.1 Å². The number of carbonyl (C=O) groups is 1. The maximum atomic E-state index is 13.2. The number of hydrogen-bond acceptors (Lipinski definition) is 4. The summed E-state index contributed by atoms with van der Waals surface area (Å²) in [5, 5.41) is 10.7. The molecule has 5 rings (SSSR count). The highest BCUT2D eigenvalue weighted by molar-refractivity contribution is 6.15. The quantitative estimate of drug-likeness (QED) is 0.548. The topological polar surface area (TPSA) is 63.0 Å². The lowest BCUT2D eigenvalue weighted by atomic mass is 9.99. The molecule has 2 aromatic heterocycles. The minimum absolute atomic E-state index is 0.0579. The highest BCUT2D eigenvalue weighted by Gasteiger charge is 2.24. The number of aromatic nitrogens is 3. The monoisotopic (exact) mass is 385 g/mol. The molecule has 1 amide bonds. The second kappa shape index (κ2) is 7.20. The Labute approximate surface area is 169 Å². The maximum Gasteiger partial charge on any atom is 0.253 e. The Bertz CT molecular complexity index is 1200. The van der Waals surface area contributed by atoms with Crippen LogP contribution in [-0.4, -0.2) is 39.8 Å². The van der Waals surface area contributed by atoms with E-state index in [1.165, 1.54) is 0 Å². The summed E-state index contributed by atoms with van der Waals surface area (Å²) < 4.78 is 1.81. The van der Waals surface area contributed by atoms with E-state index in [1.54, 1.807) is 6.20 Å². The van der Waals surface area contributed by atoms with Crippen molar-refractivity contribution in [2.75, 3.05) is 18.0 Å². The number of rotatable bonds is 3. The Morgan fingerprint density at radius 2 is 2.03 bits per heavy atom. The molecule has 2 aromatic carbocycles. The summed E-state index contributed by atoms with van der Waals surface area (Å²) in [7, 11) is 1.92. The Balaban J connectivity index is 1.44. The van der Waals surface area contributed by atoms with Crippen LogP contribution in [0.3, 0.4) is 0 Å². The molecule has 1 atom stereocenters. The lowest BCUT2D eigenvalue weighted by Gasteiger charge is -2.33. The van der Waals surface area contributed by atoms with Crippen LogP contribution in [0, 0.1) is 0 Å². The molecule has 1 aliphatic heterocycles. The van der Waals surface area contributed by atoms with Gasteiger partial charge in [-0.25, -0.2) is 0 Å². The summed E-state index contributed by atoms with van der Waals surface area (Å²) in [6.45, 7) is 1.77. The van der Waals surface area contributed by atoms with E-state index < -0.39 is 0 Å². The molecule has 6 heteroatoms. The number of nitrogens with zero attached hydrogens (tertiary/aromatic N) is 4. The molecular weight excluding hydrogens is 362 g/mol. The van der Waals surface area contributed by atoms with Gasteiger partial charge in [0.25, 0.3) is 5.91 Å². The number of pyridine rings is 1. The molecule has 0 bridgehead atoms. The zero-order chi connectivity index (χ0) is 19.8. The Morgan fingerprint density at radius 1 is 1.17 bits per heavy atom. The minimum atomic E-state index is -0.0579. The first-order valence-corrected chi connectivity index (χ1v) is 10.00. The summed E-state index contributed by atoms with van der Waals surface area (Å²) >= 11 is 0. The third-order valence-corrected chi connectivity index (χ3v) is 5.67. The number of aryl methyl sites for hydroxylation is 1. The smallest absolute Gasteiger partial charge is 0.253 e. The van der Waals surface area contributed by atoms with Gasteiger partial charge in [0, 0.05) is 44.0 Å². The third-order valence-electron chi connectivity index (χ3n) is 5.67. The summed E-state index contributed by atoms with van der Waals surface area (Å²) in [6, 6.07) is 14.2. The van der Waals surface area contributed by atoms with Gasteiger partial charge in [0.15, 0.2) is 0 Å². The molecule has 1 fully saturated rings. The number of hydrogen-bond donors (Lipinski definition) is 1. The molecule has 1 aliphatic rings. The molecule has 1 saturated heterocycles. The van der Waals surface area contributed by atoms with Crippen LogP contribution in [0.2, 0.25) is 0 Å². The number of nitrogens with one attached hydrogen (secondary N) is 1. The average molecular weight is 385 g/mol. The SMILES string of the molecule is Cn1cc(N2CCC[C@@H](NC(=O)c3cc4ccccc4c4cccnc34)C2)cn1. The molecule has 29 heavy (non-hydrogen) atoms. The average Bonchev–Trinajstić information content (AvgIpc) is 3.20. The number of fused-ring (bicyclic) bond motifs is 3. The van der Waals surface area contributed by atoms with E-state index in [1.807, 2.05) is 60.5 Å². The number of piperidine rings is 1. The summed E-state index contributed by atoms with van der Waals surface area (Å²) in [5.41, 5.74) is 2.49. The molecule has 0 aliphatic carbocycles. The first-order valence-electron chi connectivity index (χ1n) is 10.00. The molecule has 4 aromatic rings. The van der Waals surface area contributed by atoms with Crippen molar-refractivity contribution in [1.29, 1.82) is 0 Å². The highest BCUT2D eigenvalue weighted by Crippen LogP contribution is 2.27. The normalized spacial score (nSPS) is 17.0. The predicted octanol–water partition coefficient (Wildman–Crippen LogP) is 3.52. The van der Waals surface area contributed by atoms with Crippen molar-refractivity contribution in [1.82, 2.24) is 20.1 Å². The van der Waals surface area contributed by atoms with E-state index in [2.05, 4.69) is 26.4 Å². The molecule has 6 nitrogen and oxygen atoms in total. The largest absolute Gasteiger partial charge is 0.367 e. The summed E-state index contributed by atoms with van der Waals surface area (Å²) in [6.07, 6.45) is 7.66. The summed E-state index contributed by atoms with van der Waals surface area (Å²) in [4.78, 5) is 20.1. The van der Waals surface area contributed by atoms with E-state index in [9.17, 15) is 4.79 Å². The molecule has 0 radical (unpaired) electrons. The van der Waals surface area contributed by atoms with Crippen LogP contribution < -0.4 is 10.2 Å². The van der Waals surface area contributed by atoms with Crippen LogP contribution >= 0.6 is 0 Å². The van der Waals surface area contributed by atoms with Crippen LogP contribution in [0.4, 0.5) is 5.69 Å². The molecule has 0 spiro atoms. The van der Waals surface area contributed by atoms with E-state index >= 15 is 0 Å². The van der Waals surface area contributed by atoms with Gasteiger partial charge >= 0.3 is 0 Å². The lowest BCUT2D eigenvalue weighted by molar-refractivity contribution is 0.0935. The lowest BCUT2D eigenvalue weighted by Crippen LogP contribution is -2.47. The van der Waals surface area contributed by atoms with Crippen molar-refractivity contribution < 1.29 is 4.79 Å². The predicted molar refractivity (Wildman–Crippen MR) is 115 cm³/mol. The fourth-order valence-electron chi connectivity index (χ4n) is 4.27. The fraction of sp³-hybridized carbons (Fsp3) is 0.261. The molecule has 0 saturated carbocycles. The van der Waals surface area contributed by atoms with Crippen molar-refractivity contribution in [3.8, 4) is 0 Å². The van der Waals surface area contributed by atoms with E-state index in [-0.39, 0.29) is 11.9 Å². The van der Waals surface area contributed by atoms with Crippen LogP contribution in [0.25, 0.3) is 21.7 Å². The van der Waals surface area contributed by atoms with Gasteiger partial charge in [-0.1, -0.05) is 30.3 Å². The number of benzene rings is 2. The van der Waals surface area contributed by atoms with Gasteiger partial charge in [0.05, 0.1) is 23.0 Å². The number of amides is 1. The fourth-order valence-corrected chi connectivity index (χ4v) is 4.27. The van der Waals surface area contributed by atoms with E-state index in [0.29, 0.717) is 5.56 Å². The Kier molecular flexibility index (Phi) is 4.39. The van der Waals surface area contributed by atoms with Crippen molar-refractivity contribution in [3.05, 3.63) is 66.6 Å². The van der Waals surface area contributed by atoms with Crippen molar-refractivity contribution in [3.63, 3.8) is 0 Å². The molecular formula is C23H23N5O. The van der Waals surface area contributed by atoms with Gasteiger partial charge in [0.1, 0.15) is 0 Å². The summed E-state index contributed by atoms with van der Waals surface area (Å²) in [5.74, 6) is -0.0579. The highest BCUT2D eigenvalue weighted by atomic mass is 16.1. The van der Waals surface area contributed by atoms with Gasteiger partial charge in [-0.05, 0) is 35.7 Å². The standard InChI is InChI=1S/C23H23N5O/c1-27-15-18(13-25-27)28-11-5-7-17(14-28)26-23(29)21-12-16-6-2-3-8-19(16)20-9-4-10-24-22(20)21/h2-4,6,8-10,12-13,15,17H,5,7,11,14H2,1H3,(H,26,29)/t17-/m1/s1. The zero-order valence-electron chi connectivity index (χ0n) is 16.4.